The number of nitrogens with zero attached hydrogens (tertiary/aromatic N) is 3. The van der Waals surface area contributed by atoms with Crippen LogP contribution in [0.2, 0.25) is 0 Å². The molecule has 4 rings (SSSR count). The van der Waals surface area contributed by atoms with E-state index in [9.17, 15) is 22.8 Å². The van der Waals surface area contributed by atoms with Crippen LogP contribution in [0.5, 0.6) is 0 Å². The molecule has 0 aliphatic carbocycles. The quantitative estimate of drug-likeness (QED) is 0.532. The van der Waals surface area contributed by atoms with Gasteiger partial charge in [-0.2, -0.15) is 13.2 Å². The van der Waals surface area contributed by atoms with Crippen LogP contribution in [0.1, 0.15) is 23.3 Å². The summed E-state index contributed by atoms with van der Waals surface area (Å²) in [4.78, 5) is 35.7. The van der Waals surface area contributed by atoms with Crippen LogP contribution in [0.15, 0.2) is 60.8 Å². The zero-order valence-corrected chi connectivity index (χ0v) is 19.0. The summed E-state index contributed by atoms with van der Waals surface area (Å²) in [6, 6.07) is 12.0. The van der Waals surface area contributed by atoms with E-state index < -0.39 is 12.1 Å². The summed E-state index contributed by atoms with van der Waals surface area (Å²) < 4.78 is 37.1. The molecule has 7 nitrogen and oxygen atoms in total. The molecule has 1 fully saturated rings. The van der Waals surface area contributed by atoms with Crippen LogP contribution in [0, 0.1) is 0 Å². The Balaban J connectivity index is 1.56. The first kappa shape index (κ1) is 24.3. The van der Waals surface area contributed by atoms with E-state index in [2.05, 4.69) is 25.5 Å². The van der Waals surface area contributed by atoms with Gasteiger partial charge in [-0.25, -0.2) is 9.97 Å². The molecule has 2 N–H and O–H groups in total. The van der Waals surface area contributed by atoms with E-state index in [4.69, 9.17) is 0 Å². The topological polar surface area (TPSA) is 87.2 Å². The van der Waals surface area contributed by atoms with E-state index in [1.54, 1.807) is 36.4 Å². The highest BCUT2D eigenvalue weighted by atomic mass is 19.4. The van der Waals surface area contributed by atoms with E-state index in [0.29, 0.717) is 28.5 Å². The second-order valence-corrected chi connectivity index (χ2v) is 8.42. The molecule has 2 heterocycles. The van der Waals surface area contributed by atoms with Gasteiger partial charge in [0.1, 0.15) is 5.69 Å². The fraction of sp³-hybridized carbons (Fsp3) is 0.280. The lowest BCUT2D eigenvalue weighted by Gasteiger charge is -2.29. The minimum atomic E-state index is -4.58. The number of nitrogens with one attached hydrogen (secondary N) is 2. The van der Waals surface area contributed by atoms with Crippen LogP contribution in [-0.2, 0) is 4.79 Å². The average Bonchev–Trinajstić information content (AvgIpc) is 2.84. The van der Waals surface area contributed by atoms with E-state index in [1.165, 1.54) is 6.20 Å². The number of amides is 2. The monoisotopic (exact) mass is 483 g/mol. The molecule has 35 heavy (non-hydrogen) atoms. The first-order valence-corrected chi connectivity index (χ1v) is 11.1. The number of allylic oxidation sites excluding steroid dienone is 1. The first-order valence-electron chi connectivity index (χ1n) is 11.1. The van der Waals surface area contributed by atoms with E-state index in [-0.39, 0.29) is 23.7 Å². The Hall–Kier alpha value is -3.79. The molecule has 182 valence electrons. The van der Waals surface area contributed by atoms with Crippen LogP contribution < -0.4 is 10.6 Å². The molecule has 1 saturated heterocycles. The van der Waals surface area contributed by atoms with E-state index in [1.807, 2.05) is 13.1 Å². The second-order valence-electron chi connectivity index (χ2n) is 8.42. The number of benzene rings is 2. The molecule has 0 saturated carbocycles. The number of carbonyl (C=O) groups is 2. The minimum absolute atomic E-state index is 0.0929. The lowest BCUT2D eigenvalue weighted by molar-refractivity contribution is -0.112. The van der Waals surface area contributed by atoms with Crippen LogP contribution in [0.3, 0.4) is 0 Å². The number of piperidine rings is 1. The molecule has 1 aliphatic heterocycles. The van der Waals surface area contributed by atoms with Gasteiger partial charge in [0.2, 0.25) is 5.91 Å². The molecule has 0 bridgehead atoms. The Morgan fingerprint density at radius 2 is 1.89 bits per heavy atom. The molecule has 1 aromatic heterocycles. The number of alkyl halides is 3. The predicted octanol–water partition coefficient (Wildman–Crippen LogP) is 4.18. The average molecular weight is 483 g/mol. The maximum absolute atomic E-state index is 12.7. The summed E-state index contributed by atoms with van der Waals surface area (Å²) >= 11 is 0. The maximum atomic E-state index is 12.7. The van der Waals surface area contributed by atoms with Gasteiger partial charge in [0, 0.05) is 41.0 Å². The highest BCUT2D eigenvalue weighted by Crippen LogP contribution is 2.28. The third-order valence-corrected chi connectivity index (χ3v) is 5.76. The standard InChI is InChI=1S/C25H24F3N5O2/c1-33-13-9-18(10-14-33)30-24(35)21-8-12-29-23(32-21)17-6-5-16-3-2-4-20(19(16)15-17)31-22(34)7-11-25(26,27)28/h2-8,11-12,15,18H,9-10,13-14H2,1H3,(H,30,35)(H,31,34)/b11-7+. The number of aromatic nitrogens is 2. The van der Waals surface area contributed by atoms with Crippen LogP contribution in [0.25, 0.3) is 22.2 Å². The molecule has 10 heteroatoms. The number of anilines is 1. The number of likely N-dealkylation sites (tertiary alicyclic amines) is 1. The molecule has 2 aromatic carbocycles. The number of hydrogen-bond donors (Lipinski definition) is 2. The summed E-state index contributed by atoms with van der Waals surface area (Å²) in [5, 5.41) is 6.87. The number of fused-ring (bicyclic) bond motifs is 1. The predicted molar refractivity (Wildman–Crippen MR) is 127 cm³/mol. The molecular formula is C25H24F3N5O2. The highest BCUT2D eigenvalue weighted by Gasteiger charge is 2.23. The van der Waals surface area contributed by atoms with Gasteiger partial charge in [-0.1, -0.05) is 24.3 Å². The van der Waals surface area contributed by atoms with Crippen molar-refractivity contribution in [1.29, 1.82) is 0 Å². The Kier molecular flexibility index (Phi) is 7.11. The lowest BCUT2D eigenvalue weighted by Crippen LogP contribution is -2.43. The first-order chi connectivity index (χ1) is 16.7. The summed E-state index contributed by atoms with van der Waals surface area (Å²) in [7, 11) is 2.05. The Morgan fingerprint density at radius 1 is 1.11 bits per heavy atom. The van der Waals surface area contributed by atoms with Gasteiger partial charge in [-0.15, -0.1) is 0 Å². The molecular weight excluding hydrogens is 459 g/mol. The Labute approximate surface area is 200 Å². The fourth-order valence-corrected chi connectivity index (χ4v) is 3.90. The minimum Gasteiger partial charge on any atom is -0.348 e. The van der Waals surface area contributed by atoms with E-state index >= 15 is 0 Å². The van der Waals surface area contributed by atoms with Gasteiger partial charge in [0.05, 0.1) is 0 Å². The molecule has 3 aromatic rings. The SMILES string of the molecule is CN1CCC(NC(=O)c2ccnc(-c3ccc4cccc(NC(=O)/C=C/C(F)(F)F)c4c3)n2)CC1. The van der Waals surface area contributed by atoms with Gasteiger partial charge in [-0.05, 0) is 56.6 Å². The zero-order chi connectivity index (χ0) is 25.0. The third-order valence-electron chi connectivity index (χ3n) is 5.76. The summed E-state index contributed by atoms with van der Waals surface area (Å²) in [5.74, 6) is -0.849. The number of rotatable bonds is 5. The summed E-state index contributed by atoms with van der Waals surface area (Å²) in [6.45, 7) is 1.84. The summed E-state index contributed by atoms with van der Waals surface area (Å²) in [5.41, 5.74) is 1.18. The van der Waals surface area contributed by atoms with Crippen molar-refractivity contribution < 1.29 is 22.8 Å². The lowest BCUT2D eigenvalue weighted by atomic mass is 10.0. The number of halogens is 3. The third kappa shape index (κ3) is 6.42. The van der Waals surface area contributed by atoms with Crippen molar-refractivity contribution in [3.63, 3.8) is 0 Å². The molecule has 0 radical (unpaired) electrons. The molecule has 0 spiro atoms. The van der Waals surface area contributed by atoms with Crippen molar-refractivity contribution in [2.45, 2.75) is 25.1 Å². The van der Waals surface area contributed by atoms with Crippen LogP contribution in [0.4, 0.5) is 18.9 Å². The fourth-order valence-electron chi connectivity index (χ4n) is 3.90. The van der Waals surface area contributed by atoms with Gasteiger partial charge in [0.25, 0.3) is 5.91 Å². The van der Waals surface area contributed by atoms with Crippen molar-refractivity contribution in [2.24, 2.45) is 0 Å². The van der Waals surface area contributed by atoms with Gasteiger partial charge >= 0.3 is 6.18 Å². The number of carbonyl (C=O) groups excluding carboxylic acids is 2. The second kappa shape index (κ2) is 10.2. The Bertz CT molecular complexity index is 1270. The largest absolute Gasteiger partial charge is 0.409 e. The van der Waals surface area contributed by atoms with Gasteiger partial charge < -0.3 is 15.5 Å². The smallest absolute Gasteiger partial charge is 0.348 e. The van der Waals surface area contributed by atoms with Crippen molar-refractivity contribution in [1.82, 2.24) is 20.2 Å². The maximum Gasteiger partial charge on any atom is 0.409 e. The normalized spacial score (nSPS) is 15.4. The van der Waals surface area contributed by atoms with Crippen LogP contribution in [-0.4, -0.2) is 59.0 Å². The molecule has 1 aliphatic rings. The molecule has 0 atom stereocenters. The Morgan fingerprint density at radius 3 is 2.63 bits per heavy atom. The van der Waals surface area contributed by atoms with Gasteiger partial charge in [0.15, 0.2) is 5.82 Å². The van der Waals surface area contributed by atoms with Crippen molar-refractivity contribution in [2.75, 3.05) is 25.5 Å². The molecule has 2 amide bonds. The summed E-state index contributed by atoms with van der Waals surface area (Å²) in [6.07, 6.45) is -1.00. The highest BCUT2D eigenvalue weighted by molar-refractivity contribution is 6.06. The van der Waals surface area contributed by atoms with Gasteiger partial charge in [-0.3, -0.25) is 9.59 Å². The van der Waals surface area contributed by atoms with Crippen molar-refractivity contribution >= 4 is 28.3 Å². The molecule has 0 unspecified atom stereocenters. The zero-order valence-electron chi connectivity index (χ0n) is 19.0. The van der Waals surface area contributed by atoms with Crippen molar-refractivity contribution in [3.05, 3.63) is 66.5 Å². The number of hydrogen-bond acceptors (Lipinski definition) is 5. The van der Waals surface area contributed by atoms with Crippen molar-refractivity contribution in [3.8, 4) is 11.4 Å². The van der Waals surface area contributed by atoms with E-state index in [0.717, 1.165) is 31.3 Å². The van der Waals surface area contributed by atoms with Crippen LogP contribution >= 0.6 is 0 Å².